The first-order valence-corrected chi connectivity index (χ1v) is 11.0. The van der Waals surface area contributed by atoms with Crippen molar-refractivity contribution < 1.29 is 13.2 Å². The van der Waals surface area contributed by atoms with Gasteiger partial charge in [0, 0.05) is 43.1 Å². The standard InChI is InChI=1S/C21H29N3O3S/c1-14-10-15(2)21(16(3)11-14)28(26,27)24-8-6-23(7-9-24)13-20(25)19-12-17(4)22-18(19)5/h10-12,22H,6-9,13H2,1-5H3. The maximum absolute atomic E-state index is 13.2. The lowest BCUT2D eigenvalue weighted by molar-refractivity contribution is 0.0901. The summed E-state index contributed by atoms with van der Waals surface area (Å²) in [6.07, 6.45) is 0. The fourth-order valence-electron chi connectivity index (χ4n) is 4.13. The van der Waals surface area contributed by atoms with E-state index in [1.165, 1.54) is 0 Å². The number of piperazine rings is 1. The van der Waals surface area contributed by atoms with Crippen LogP contribution >= 0.6 is 0 Å². The number of hydrogen-bond donors (Lipinski definition) is 1. The van der Waals surface area contributed by atoms with Gasteiger partial charge < -0.3 is 4.98 Å². The molecule has 1 N–H and O–H groups in total. The van der Waals surface area contributed by atoms with Crippen molar-refractivity contribution in [3.8, 4) is 0 Å². The fraction of sp³-hybridized carbons (Fsp3) is 0.476. The van der Waals surface area contributed by atoms with Gasteiger partial charge in [-0.05, 0) is 51.8 Å². The van der Waals surface area contributed by atoms with Crippen molar-refractivity contribution in [3.05, 3.63) is 51.8 Å². The van der Waals surface area contributed by atoms with Crippen molar-refractivity contribution in [2.45, 2.75) is 39.5 Å². The van der Waals surface area contributed by atoms with Gasteiger partial charge in [-0.15, -0.1) is 0 Å². The Labute approximate surface area is 167 Å². The molecule has 1 aromatic heterocycles. The van der Waals surface area contributed by atoms with Crippen LogP contribution in [0.4, 0.5) is 0 Å². The van der Waals surface area contributed by atoms with Gasteiger partial charge in [0.2, 0.25) is 10.0 Å². The molecule has 1 fully saturated rings. The Morgan fingerprint density at radius 2 is 1.54 bits per heavy atom. The number of Topliss-reactive ketones (excluding diaryl/α,β-unsaturated/α-hetero) is 1. The van der Waals surface area contributed by atoms with Crippen LogP contribution in [0.3, 0.4) is 0 Å². The molecule has 0 amide bonds. The van der Waals surface area contributed by atoms with Crippen LogP contribution in [0.5, 0.6) is 0 Å². The molecule has 1 aliphatic rings. The van der Waals surface area contributed by atoms with E-state index < -0.39 is 10.0 Å². The lowest BCUT2D eigenvalue weighted by Gasteiger charge is -2.34. The molecular formula is C21H29N3O3S. The maximum Gasteiger partial charge on any atom is 0.243 e. The number of aryl methyl sites for hydroxylation is 5. The Hall–Kier alpha value is -1.96. The van der Waals surface area contributed by atoms with E-state index in [9.17, 15) is 13.2 Å². The van der Waals surface area contributed by atoms with Crippen LogP contribution in [0.2, 0.25) is 0 Å². The number of benzene rings is 1. The van der Waals surface area contributed by atoms with Crippen molar-refractivity contribution in [3.63, 3.8) is 0 Å². The van der Waals surface area contributed by atoms with Crippen LogP contribution in [0.25, 0.3) is 0 Å². The number of rotatable bonds is 5. The molecule has 28 heavy (non-hydrogen) atoms. The number of nitrogens with zero attached hydrogens (tertiary/aromatic N) is 2. The minimum Gasteiger partial charge on any atom is -0.362 e. The minimum atomic E-state index is -3.53. The van der Waals surface area contributed by atoms with Crippen LogP contribution in [0.1, 0.15) is 38.4 Å². The highest BCUT2D eigenvalue weighted by atomic mass is 32.2. The molecular weight excluding hydrogens is 374 g/mol. The summed E-state index contributed by atoms with van der Waals surface area (Å²) in [5.74, 6) is 0.0726. The van der Waals surface area contributed by atoms with Crippen molar-refractivity contribution in [2.24, 2.45) is 0 Å². The van der Waals surface area contributed by atoms with E-state index in [2.05, 4.69) is 4.98 Å². The van der Waals surface area contributed by atoms with Crippen molar-refractivity contribution in [1.82, 2.24) is 14.2 Å². The Morgan fingerprint density at radius 3 is 2.04 bits per heavy atom. The smallest absolute Gasteiger partial charge is 0.243 e. The van der Waals surface area contributed by atoms with Gasteiger partial charge in [0.15, 0.2) is 5.78 Å². The summed E-state index contributed by atoms with van der Waals surface area (Å²) in [6, 6.07) is 5.70. The normalized spacial score (nSPS) is 16.5. The molecule has 0 bridgehead atoms. The van der Waals surface area contributed by atoms with Gasteiger partial charge in [-0.2, -0.15) is 4.31 Å². The molecule has 0 radical (unpaired) electrons. The molecule has 1 aromatic carbocycles. The van der Waals surface area contributed by atoms with E-state index in [0.29, 0.717) is 37.6 Å². The van der Waals surface area contributed by atoms with Gasteiger partial charge in [-0.25, -0.2) is 8.42 Å². The Kier molecular flexibility index (Phi) is 5.79. The van der Waals surface area contributed by atoms with E-state index >= 15 is 0 Å². The zero-order valence-corrected chi connectivity index (χ0v) is 18.1. The molecule has 7 heteroatoms. The second-order valence-corrected chi connectivity index (χ2v) is 9.70. The SMILES string of the molecule is Cc1cc(C)c(S(=O)(=O)N2CCN(CC(=O)c3cc(C)[nH]c3C)CC2)c(C)c1. The van der Waals surface area contributed by atoms with Gasteiger partial charge >= 0.3 is 0 Å². The second-order valence-electron chi connectivity index (χ2n) is 7.82. The molecule has 0 atom stereocenters. The average molecular weight is 404 g/mol. The Balaban J connectivity index is 1.68. The van der Waals surface area contributed by atoms with E-state index in [-0.39, 0.29) is 5.78 Å². The van der Waals surface area contributed by atoms with E-state index in [4.69, 9.17) is 0 Å². The van der Waals surface area contributed by atoms with E-state index in [1.54, 1.807) is 4.31 Å². The van der Waals surface area contributed by atoms with Crippen LogP contribution in [0, 0.1) is 34.6 Å². The number of aromatic amines is 1. The van der Waals surface area contributed by atoms with Crippen LogP contribution in [-0.2, 0) is 10.0 Å². The fourth-order valence-corrected chi connectivity index (χ4v) is 5.97. The summed E-state index contributed by atoms with van der Waals surface area (Å²) in [5, 5.41) is 0. The third-order valence-electron chi connectivity index (χ3n) is 5.35. The molecule has 3 rings (SSSR count). The number of sulfonamides is 1. The summed E-state index contributed by atoms with van der Waals surface area (Å²) in [5.41, 5.74) is 5.21. The molecule has 0 spiro atoms. The van der Waals surface area contributed by atoms with Crippen LogP contribution in [0.15, 0.2) is 23.1 Å². The molecule has 152 valence electrons. The van der Waals surface area contributed by atoms with Crippen LogP contribution < -0.4 is 0 Å². The van der Waals surface area contributed by atoms with Gasteiger partial charge in [0.1, 0.15) is 0 Å². The maximum atomic E-state index is 13.2. The second kappa shape index (κ2) is 7.81. The number of carbonyl (C=O) groups is 1. The summed E-state index contributed by atoms with van der Waals surface area (Å²) < 4.78 is 27.9. The van der Waals surface area contributed by atoms with Gasteiger partial charge in [-0.1, -0.05) is 17.7 Å². The van der Waals surface area contributed by atoms with Gasteiger partial charge in [-0.3, -0.25) is 9.69 Å². The number of nitrogens with one attached hydrogen (secondary N) is 1. The Bertz CT molecular complexity index is 977. The average Bonchev–Trinajstić information content (AvgIpc) is 2.92. The molecule has 0 saturated carbocycles. The third-order valence-corrected chi connectivity index (χ3v) is 7.56. The van der Waals surface area contributed by atoms with E-state index in [0.717, 1.165) is 33.6 Å². The summed E-state index contributed by atoms with van der Waals surface area (Å²) in [6.45, 7) is 11.7. The monoisotopic (exact) mass is 403 g/mol. The number of carbonyl (C=O) groups excluding carboxylic acids is 1. The summed E-state index contributed by atoms with van der Waals surface area (Å²) >= 11 is 0. The van der Waals surface area contributed by atoms with Gasteiger partial charge in [0.05, 0.1) is 11.4 Å². The van der Waals surface area contributed by atoms with E-state index in [1.807, 2.05) is 57.7 Å². The third kappa shape index (κ3) is 4.06. The van der Waals surface area contributed by atoms with Crippen molar-refractivity contribution in [1.29, 1.82) is 0 Å². The lowest BCUT2D eigenvalue weighted by Crippen LogP contribution is -2.50. The zero-order chi connectivity index (χ0) is 20.6. The van der Waals surface area contributed by atoms with Crippen LogP contribution in [-0.4, -0.2) is 61.1 Å². The Morgan fingerprint density at radius 1 is 0.964 bits per heavy atom. The molecule has 2 aromatic rings. The first-order chi connectivity index (χ1) is 13.1. The molecule has 1 saturated heterocycles. The quantitative estimate of drug-likeness (QED) is 0.779. The largest absolute Gasteiger partial charge is 0.362 e. The topological polar surface area (TPSA) is 73.5 Å². The number of aromatic nitrogens is 1. The first-order valence-electron chi connectivity index (χ1n) is 9.59. The highest BCUT2D eigenvalue weighted by Gasteiger charge is 2.31. The molecule has 0 aliphatic carbocycles. The predicted octanol–water partition coefficient (Wildman–Crippen LogP) is 2.75. The number of H-pyrrole nitrogens is 1. The number of hydrogen-bond acceptors (Lipinski definition) is 4. The summed E-state index contributed by atoms with van der Waals surface area (Å²) in [7, 11) is -3.53. The van der Waals surface area contributed by atoms with Crippen molar-refractivity contribution >= 4 is 15.8 Å². The predicted molar refractivity (Wildman–Crippen MR) is 110 cm³/mol. The zero-order valence-electron chi connectivity index (χ0n) is 17.3. The molecule has 6 nitrogen and oxygen atoms in total. The highest BCUT2D eigenvalue weighted by Crippen LogP contribution is 2.26. The summed E-state index contributed by atoms with van der Waals surface area (Å²) in [4.78, 5) is 18.2. The number of ketones is 1. The lowest BCUT2D eigenvalue weighted by atomic mass is 10.1. The molecule has 2 heterocycles. The molecule has 0 unspecified atom stereocenters. The highest BCUT2D eigenvalue weighted by molar-refractivity contribution is 7.89. The first kappa shape index (κ1) is 20.8. The molecule has 1 aliphatic heterocycles. The van der Waals surface area contributed by atoms with Crippen molar-refractivity contribution in [2.75, 3.05) is 32.7 Å². The minimum absolute atomic E-state index is 0.0726. The van der Waals surface area contributed by atoms with Gasteiger partial charge in [0.25, 0.3) is 0 Å².